The topological polar surface area (TPSA) is 140 Å². The standard InChI is InChI=1S/C23H31N9O2/c1-15-7-5-6-12-31(15)14-18-19(26-30-32(18)21-20(24)28-34-29-21)22(33)27-25-13-16-8-10-17(11-9-16)23(2,3)4/h8-11,13,15H,5-7,12,14H2,1-4H3,(H2,24,28)(H,27,33)/b25-13+/t15-/m1/s1. The fourth-order valence-corrected chi connectivity index (χ4v) is 4.00. The highest BCUT2D eigenvalue weighted by atomic mass is 16.6. The largest absolute Gasteiger partial charge is 0.378 e. The molecule has 34 heavy (non-hydrogen) atoms. The Morgan fingerprint density at radius 3 is 2.68 bits per heavy atom. The maximum Gasteiger partial charge on any atom is 0.293 e. The molecule has 1 amide bonds. The molecule has 1 aliphatic heterocycles. The quantitative estimate of drug-likeness (QED) is 0.418. The Bertz CT molecular complexity index is 1160. The van der Waals surface area contributed by atoms with E-state index in [-0.39, 0.29) is 22.7 Å². The molecule has 4 rings (SSSR count). The van der Waals surface area contributed by atoms with Crippen LogP contribution in [0.4, 0.5) is 5.82 Å². The maximum absolute atomic E-state index is 13.0. The van der Waals surface area contributed by atoms with Crippen molar-refractivity contribution in [3.63, 3.8) is 0 Å². The van der Waals surface area contributed by atoms with E-state index in [0.29, 0.717) is 18.3 Å². The van der Waals surface area contributed by atoms with Gasteiger partial charge in [-0.15, -0.1) is 5.10 Å². The molecule has 3 N–H and O–H groups in total. The Balaban J connectivity index is 1.54. The number of benzene rings is 1. The van der Waals surface area contributed by atoms with Crippen LogP contribution in [-0.4, -0.2) is 54.9 Å². The Kier molecular flexibility index (Phi) is 6.73. The monoisotopic (exact) mass is 465 g/mol. The second kappa shape index (κ2) is 9.72. The zero-order valence-corrected chi connectivity index (χ0v) is 20.0. The van der Waals surface area contributed by atoms with Crippen molar-refractivity contribution in [3.05, 3.63) is 46.8 Å². The van der Waals surface area contributed by atoms with Crippen LogP contribution in [0.2, 0.25) is 0 Å². The molecule has 3 heterocycles. The number of nitrogens with zero attached hydrogens (tertiary/aromatic N) is 7. The molecular weight excluding hydrogens is 434 g/mol. The van der Waals surface area contributed by atoms with Crippen LogP contribution in [0, 0.1) is 0 Å². The van der Waals surface area contributed by atoms with Gasteiger partial charge in [-0.3, -0.25) is 9.69 Å². The number of amides is 1. The van der Waals surface area contributed by atoms with Gasteiger partial charge in [0.25, 0.3) is 5.91 Å². The van der Waals surface area contributed by atoms with Gasteiger partial charge in [0.1, 0.15) is 0 Å². The number of piperidine rings is 1. The number of anilines is 1. The molecule has 0 saturated carbocycles. The van der Waals surface area contributed by atoms with E-state index in [2.05, 4.69) is 75.9 Å². The molecule has 1 saturated heterocycles. The molecule has 1 aliphatic rings. The van der Waals surface area contributed by atoms with Gasteiger partial charge in [-0.1, -0.05) is 56.7 Å². The summed E-state index contributed by atoms with van der Waals surface area (Å²) in [5.41, 5.74) is 11.3. The van der Waals surface area contributed by atoms with Gasteiger partial charge in [0.2, 0.25) is 11.6 Å². The Morgan fingerprint density at radius 1 is 1.26 bits per heavy atom. The minimum Gasteiger partial charge on any atom is -0.378 e. The van der Waals surface area contributed by atoms with E-state index in [0.717, 1.165) is 24.9 Å². The fraction of sp³-hybridized carbons (Fsp3) is 0.478. The van der Waals surface area contributed by atoms with Crippen LogP contribution >= 0.6 is 0 Å². The third-order valence-electron chi connectivity index (χ3n) is 6.12. The molecule has 2 aromatic heterocycles. The smallest absolute Gasteiger partial charge is 0.293 e. The highest BCUT2D eigenvalue weighted by Gasteiger charge is 2.28. The first-order valence-corrected chi connectivity index (χ1v) is 11.4. The number of hydrazone groups is 1. The average Bonchev–Trinajstić information content (AvgIpc) is 3.40. The van der Waals surface area contributed by atoms with Crippen molar-refractivity contribution in [1.29, 1.82) is 0 Å². The van der Waals surface area contributed by atoms with Crippen molar-refractivity contribution in [2.75, 3.05) is 12.3 Å². The van der Waals surface area contributed by atoms with Crippen molar-refractivity contribution < 1.29 is 9.42 Å². The molecule has 0 radical (unpaired) electrons. The lowest BCUT2D eigenvalue weighted by molar-refractivity contribution is 0.0945. The summed E-state index contributed by atoms with van der Waals surface area (Å²) in [5.74, 6) is -0.196. The van der Waals surface area contributed by atoms with Crippen molar-refractivity contribution in [2.45, 2.75) is 65.0 Å². The molecule has 11 nitrogen and oxygen atoms in total. The molecule has 1 fully saturated rings. The van der Waals surface area contributed by atoms with Crippen molar-refractivity contribution in [2.24, 2.45) is 5.10 Å². The second-order valence-electron chi connectivity index (χ2n) is 9.66. The Morgan fingerprint density at radius 2 is 2.03 bits per heavy atom. The van der Waals surface area contributed by atoms with E-state index >= 15 is 0 Å². The van der Waals surface area contributed by atoms with E-state index in [9.17, 15) is 4.79 Å². The molecule has 3 aromatic rings. The summed E-state index contributed by atoms with van der Waals surface area (Å²) in [6.07, 6.45) is 4.98. The van der Waals surface area contributed by atoms with Crippen LogP contribution in [0.25, 0.3) is 5.82 Å². The number of nitrogen functional groups attached to an aromatic ring is 1. The molecule has 0 aliphatic carbocycles. The van der Waals surface area contributed by atoms with Crippen molar-refractivity contribution in [3.8, 4) is 5.82 Å². The zero-order valence-electron chi connectivity index (χ0n) is 20.0. The van der Waals surface area contributed by atoms with Gasteiger partial charge in [-0.2, -0.15) is 9.78 Å². The summed E-state index contributed by atoms with van der Waals surface area (Å²) in [7, 11) is 0. The number of carbonyl (C=O) groups is 1. The minimum absolute atomic E-state index is 0.0702. The summed E-state index contributed by atoms with van der Waals surface area (Å²) >= 11 is 0. The maximum atomic E-state index is 13.0. The zero-order chi connectivity index (χ0) is 24.3. The number of rotatable bonds is 6. The van der Waals surface area contributed by atoms with Crippen molar-refractivity contribution in [1.82, 2.24) is 35.6 Å². The van der Waals surface area contributed by atoms with Gasteiger partial charge in [-0.25, -0.2) is 10.1 Å². The van der Waals surface area contributed by atoms with Crippen LogP contribution in [0.5, 0.6) is 0 Å². The summed E-state index contributed by atoms with van der Waals surface area (Å²) in [6.45, 7) is 10.0. The molecule has 0 unspecified atom stereocenters. The van der Waals surface area contributed by atoms with Crippen LogP contribution in [0.1, 0.15) is 74.3 Å². The Hall–Kier alpha value is -3.60. The average molecular weight is 466 g/mol. The molecular formula is C23H31N9O2. The minimum atomic E-state index is -0.469. The first kappa shape index (κ1) is 23.6. The predicted molar refractivity (Wildman–Crippen MR) is 128 cm³/mol. The molecule has 11 heteroatoms. The first-order valence-electron chi connectivity index (χ1n) is 11.4. The lowest BCUT2D eigenvalue weighted by Gasteiger charge is -2.33. The third-order valence-corrected chi connectivity index (χ3v) is 6.12. The fourth-order valence-electron chi connectivity index (χ4n) is 4.00. The van der Waals surface area contributed by atoms with Crippen LogP contribution < -0.4 is 11.2 Å². The SMILES string of the molecule is C[C@@H]1CCCCN1Cc1c(C(=O)N/N=C/c2ccc(C(C)(C)C)cc2)nnn1-c1nonc1N. The molecule has 1 atom stereocenters. The Labute approximate surface area is 198 Å². The highest BCUT2D eigenvalue weighted by Crippen LogP contribution is 2.23. The van der Waals surface area contributed by atoms with Gasteiger partial charge >= 0.3 is 0 Å². The summed E-state index contributed by atoms with van der Waals surface area (Å²) in [6, 6.07) is 8.42. The molecule has 0 bridgehead atoms. The van der Waals surface area contributed by atoms with Crippen LogP contribution in [0.3, 0.4) is 0 Å². The van der Waals surface area contributed by atoms with Crippen molar-refractivity contribution >= 4 is 17.9 Å². The number of aromatic nitrogens is 5. The third kappa shape index (κ3) is 5.14. The number of nitrogens with two attached hydrogens (primary N) is 1. The van der Waals surface area contributed by atoms with E-state index < -0.39 is 5.91 Å². The second-order valence-corrected chi connectivity index (χ2v) is 9.66. The number of hydrogen-bond donors (Lipinski definition) is 2. The lowest BCUT2D eigenvalue weighted by Crippen LogP contribution is -2.38. The summed E-state index contributed by atoms with van der Waals surface area (Å²) < 4.78 is 6.14. The van der Waals surface area contributed by atoms with Crippen LogP contribution in [0.15, 0.2) is 34.0 Å². The van der Waals surface area contributed by atoms with Gasteiger partial charge in [-0.05, 0) is 53.2 Å². The number of nitrogens with one attached hydrogen (secondary N) is 1. The van der Waals surface area contributed by atoms with E-state index in [1.165, 1.54) is 16.7 Å². The van der Waals surface area contributed by atoms with Gasteiger partial charge < -0.3 is 5.73 Å². The molecule has 0 spiro atoms. The lowest BCUT2D eigenvalue weighted by atomic mass is 9.87. The van der Waals surface area contributed by atoms with E-state index in [1.807, 2.05) is 12.1 Å². The molecule has 1 aromatic carbocycles. The van der Waals surface area contributed by atoms with Gasteiger partial charge in [0, 0.05) is 12.6 Å². The number of hydrogen-bond acceptors (Lipinski definition) is 9. The van der Waals surface area contributed by atoms with Crippen LogP contribution in [-0.2, 0) is 12.0 Å². The molecule has 180 valence electrons. The van der Waals surface area contributed by atoms with E-state index in [4.69, 9.17) is 10.4 Å². The number of carbonyl (C=O) groups excluding carboxylic acids is 1. The predicted octanol–water partition coefficient (Wildman–Crippen LogP) is 2.67. The normalized spacial score (nSPS) is 17.4. The van der Waals surface area contributed by atoms with E-state index in [1.54, 1.807) is 6.21 Å². The van der Waals surface area contributed by atoms with Gasteiger partial charge in [0.15, 0.2) is 5.69 Å². The summed E-state index contributed by atoms with van der Waals surface area (Å²) in [4.78, 5) is 15.3. The highest BCUT2D eigenvalue weighted by molar-refractivity contribution is 5.94. The number of likely N-dealkylation sites (tertiary alicyclic amines) is 1. The van der Waals surface area contributed by atoms with Gasteiger partial charge in [0.05, 0.1) is 11.9 Å². The first-order chi connectivity index (χ1) is 16.2. The summed E-state index contributed by atoms with van der Waals surface area (Å²) in [5, 5.41) is 19.8.